The van der Waals surface area contributed by atoms with E-state index in [4.69, 9.17) is 4.74 Å². The van der Waals surface area contributed by atoms with E-state index >= 15 is 0 Å². The Kier molecular flexibility index (Phi) is 5.42. The molecular weight excluding hydrogens is 461 g/mol. The lowest BCUT2D eigenvalue weighted by molar-refractivity contribution is 0.0527. The maximum absolute atomic E-state index is 14.6. The standard InChI is InChI=1S/C23H28FN5O4S/c1-14-20(27-19-7-6-17(10-18(19)24)34(3,31)32)25-13-26-21(14)29-15-4-5-16(29)12-28(11-15)22(30)33-23(2)8-9-23/h6-7,10,13,15-16H,4-5,8-9,11-12H2,1-3H3,(H,25,26,27). The summed E-state index contributed by atoms with van der Waals surface area (Å²) in [6.45, 7) is 4.97. The first kappa shape index (κ1) is 22.8. The van der Waals surface area contributed by atoms with Crippen LogP contribution in [0.2, 0.25) is 0 Å². The molecule has 2 atom stereocenters. The highest BCUT2D eigenvalue weighted by Gasteiger charge is 2.47. The van der Waals surface area contributed by atoms with E-state index < -0.39 is 15.7 Å². The number of fused-ring (bicyclic) bond motifs is 2. The predicted molar refractivity (Wildman–Crippen MR) is 125 cm³/mol. The molecule has 1 saturated carbocycles. The molecule has 2 saturated heterocycles. The number of benzene rings is 1. The van der Waals surface area contributed by atoms with Crippen LogP contribution >= 0.6 is 0 Å². The van der Waals surface area contributed by atoms with E-state index in [-0.39, 0.29) is 34.4 Å². The first-order chi connectivity index (χ1) is 16.0. The van der Waals surface area contributed by atoms with Gasteiger partial charge >= 0.3 is 6.09 Å². The molecule has 1 amide bonds. The number of nitrogens with zero attached hydrogens (tertiary/aromatic N) is 4. The molecule has 1 N–H and O–H groups in total. The molecule has 1 aromatic heterocycles. The van der Waals surface area contributed by atoms with E-state index in [1.165, 1.54) is 18.5 Å². The molecule has 11 heteroatoms. The lowest BCUT2D eigenvalue weighted by Gasteiger charge is -2.42. The van der Waals surface area contributed by atoms with Crippen molar-refractivity contribution >= 4 is 33.3 Å². The van der Waals surface area contributed by atoms with Gasteiger partial charge < -0.3 is 19.9 Å². The Balaban J connectivity index is 1.35. The topological polar surface area (TPSA) is 105 Å². The minimum absolute atomic E-state index is 0.0840. The zero-order valence-corrected chi connectivity index (χ0v) is 20.2. The Bertz CT molecular complexity index is 1240. The molecule has 3 aliphatic rings. The summed E-state index contributed by atoms with van der Waals surface area (Å²) in [5.41, 5.74) is 0.586. The summed E-state index contributed by atoms with van der Waals surface area (Å²) < 4.78 is 43.6. The Hall–Kier alpha value is -2.95. The Morgan fingerprint density at radius 2 is 1.88 bits per heavy atom. The average molecular weight is 490 g/mol. The second-order valence-electron chi connectivity index (χ2n) is 9.72. The third kappa shape index (κ3) is 4.28. The number of ether oxygens (including phenoxy) is 1. The van der Waals surface area contributed by atoms with Crippen LogP contribution in [0.5, 0.6) is 0 Å². The number of hydrogen-bond donors (Lipinski definition) is 1. The van der Waals surface area contributed by atoms with Crippen LogP contribution in [0.1, 0.15) is 38.2 Å². The van der Waals surface area contributed by atoms with Gasteiger partial charge in [0, 0.05) is 37.0 Å². The van der Waals surface area contributed by atoms with Gasteiger partial charge in [-0.2, -0.15) is 0 Å². The largest absolute Gasteiger partial charge is 0.443 e. The van der Waals surface area contributed by atoms with E-state index in [2.05, 4.69) is 20.2 Å². The summed E-state index contributed by atoms with van der Waals surface area (Å²) in [6, 6.07) is 3.98. The van der Waals surface area contributed by atoms with Gasteiger partial charge in [0.25, 0.3) is 0 Å². The number of hydrogen-bond acceptors (Lipinski definition) is 8. The molecule has 1 aliphatic carbocycles. The van der Waals surface area contributed by atoms with E-state index in [1.807, 2.05) is 13.8 Å². The second kappa shape index (κ2) is 8.07. The second-order valence-corrected chi connectivity index (χ2v) is 11.7. The molecule has 1 aromatic carbocycles. The van der Waals surface area contributed by atoms with Crippen LogP contribution < -0.4 is 10.2 Å². The molecule has 9 nitrogen and oxygen atoms in total. The smallest absolute Gasteiger partial charge is 0.410 e. The van der Waals surface area contributed by atoms with Crippen LogP contribution in [0.3, 0.4) is 0 Å². The van der Waals surface area contributed by atoms with Crippen molar-refractivity contribution in [2.24, 2.45) is 0 Å². The first-order valence-electron chi connectivity index (χ1n) is 11.4. The number of anilines is 3. The fourth-order valence-electron chi connectivity index (χ4n) is 4.73. The molecule has 3 fully saturated rings. The van der Waals surface area contributed by atoms with Gasteiger partial charge in [-0.15, -0.1) is 0 Å². The van der Waals surface area contributed by atoms with Crippen LogP contribution in [0.4, 0.5) is 26.5 Å². The maximum atomic E-state index is 14.6. The number of amides is 1. The fraction of sp³-hybridized carbons (Fsp3) is 0.522. The monoisotopic (exact) mass is 489 g/mol. The van der Waals surface area contributed by atoms with Gasteiger partial charge in [0.15, 0.2) is 9.84 Å². The summed E-state index contributed by atoms with van der Waals surface area (Å²) in [5.74, 6) is 0.512. The number of halogens is 1. The Labute approximate surface area is 198 Å². The van der Waals surface area contributed by atoms with E-state index in [9.17, 15) is 17.6 Å². The van der Waals surface area contributed by atoms with Crippen LogP contribution in [0, 0.1) is 12.7 Å². The van der Waals surface area contributed by atoms with Gasteiger partial charge in [-0.3, -0.25) is 0 Å². The van der Waals surface area contributed by atoms with Gasteiger partial charge in [-0.1, -0.05) is 0 Å². The number of carbonyl (C=O) groups excluding carboxylic acids is 1. The lowest BCUT2D eigenvalue weighted by atomic mass is 10.1. The number of aromatic nitrogens is 2. The van der Waals surface area contributed by atoms with Gasteiger partial charge in [-0.25, -0.2) is 27.6 Å². The number of carbonyl (C=O) groups is 1. The minimum Gasteiger partial charge on any atom is -0.443 e. The molecular formula is C23H28FN5O4S. The SMILES string of the molecule is Cc1c(Nc2ccc(S(C)(=O)=O)cc2F)ncnc1N1C2CCC1CN(C(=O)OC1(C)CC1)C2. The first-order valence-corrected chi connectivity index (χ1v) is 13.3. The highest BCUT2D eigenvalue weighted by atomic mass is 32.2. The number of sulfone groups is 1. The molecule has 2 bridgehead atoms. The number of piperazine rings is 1. The average Bonchev–Trinajstić information content (AvgIpc) is 3.44. The van der Waals surface area contributed by atoms with Crippen LogP contribution in [-0.4, -0.2) is 66.4 Å². The van der Waals surface area contributed by atoms with Gasteiger partial charge in [0.1, 0.15) is 29.4 Å². The number of rotatable bonds is 5. The van der Waals surface area contributed by atoms with Crippen molar-refractivity contribution < 1.29 is 22.3 Å². The van der Waals surface area contributed by atoms with Crippen molar-refractivity contribution in [1.29, 1.82) is 0 Å². The molecule has 2 unspecified atom stereocenters. The highest BCUT2D eigenvalue weighted by Crippen LogP contribution is 2.41. The van der Waals surface area contributed by atoms with Crippen LogP contribution in [0.15, 0.2) is 29.4 Å². The molecule has 0 spiro atoms. The Morgan fingerprint density at radius 3 is 2.47 bits per heavy atom. The zero-order valence-electron chi connectivity index (χ0n) is 19.4. The summed E-state index contributed by atoms with van der Waals surface area (Å²) in [4.78, 5) is 25.4. The van der Waals surface area contributed by atoms with Gasteiger partial charge in [0.2, 0.25) is 0 Å². The maximum Gasteiger partial charge on any atom is 0.410 e. The molecule has 3 heterocycles. The number of nitrogens with one attached hydrogen (secondary N) is 1. The fourth-order valence-corrected chi connectivity index (χ4v) is 5.37. The van der Waals surface area contributed by atoms with Crippen molar-refractivity contribution in [2.75, 3.05) is 29.6 Å². The molecule has 34 heavy (non-hydrogen) atoms. The lowest BCUT2D eigenvalue weighted by Crippen LogP contribution is -2.56. The van der Waals surface area contributed by atoms with Crippen molar-refractivity contribution in [3.63, 3.8) is 0 Å². The van der Waals surface area contributed by atoms with Crippen molar-refractivity contribution in [3.8, 4) is 0 Å². The molecule has 0 radical (unpaired) electrons. The predicted octanol–water partition coefficient (Wildman–Crippen LogP) is 3.41. The summed E-state index contributed by atoms with van der Waals surface area (Å²) in [7, 11) is -3.50. The normalized spacial score (nSPS) is 23.1. The molecule has 182 valence electrons. The van der Waals surface area contributed by atoms with Crippen molar-refractivity contribution in [2.45, 2.75) is 62.1 Å². The van der Waals surface area contributed by atoms with E-state index in [0.717, 1.165) is 49.4 Å². The summed E-state index contributed by atoms with van der Waals surface area (Å²) in [5, 5.41) is 2.98. The van der Waals surface area contributed by atoms with Gasteiger partial charge in [-0.05, 0) is 57.7 Å². The molecule has 2 aliphatic heterocycles. The van der Waals surface area contributed by atoms with Crippen molar-refractivity contribution in [3.05, 3.63) is 35.9 Å². The summed E-state index contributed by atoms with van der Waals surface area (Å²) in [6.07, 6.45) is 5.94. The van der Waals surface area contributed by atoms with E-state index in [1.54, 1.807) is 4.90 Å². The molecule has 2 aromatic rings. The zero-order chi connectivity index (χ0) is 24.3. The molecule has 5 rings (SSSR count). The van der Waals surface area contributed by atoms with Gasteiger partial charge in [0.05, 0.1) is 10.6 Å². The van der Waals surface area contributed by atoms with E-state index in [0.29, 0.717) is 18.9 Å². The Morgan fingerprint density at radius 1 is 1.21 bits per heavy atom. The highest BCUT2D eigenvalue weighted by molar-refractivity contribution is 7.90. The third-order valence-electron chi connectivity index (χ3n) is 6.95. The minimum atomic E-state index is -3.50. The third-order valence-corrected chi connectivity index (χ3v) is 8.06. The van der Waals surface area contributed by atoms with Crippen LogP contribution in [-0.2, 0) is 14.6 Å². The quantitative estimate of drug-likeness (QED) is 0.681. The van der Waals surface area contributed by atoms with Crippen LogP contribution in [0.25, 0.3) is 0 Å². The van der Waals surface area contributed by atoms with Crippen molar-refractivity contribution in [1.82, 2.24) is 14.9 Å². The summed E-state index contributed by atoms with van der Waals surface area (Å²) >= 11 is 0. The number of likely N-dealkylation sites (tertiary alicyclic amines) is 1.